The maximum Gasteiger partial charge on any atom is 0.420 e. The van der Waals surface area contributed by atoms with Crippen LogP contribution in [-0.4, -0.2) is 37.3 Å². The van der Waals surface area contributed by atoms with Crippen molar-refractivity contribution in [2.75, 3.05) is 25.5 Å². The predicted octanol–water partition coefficient (Wildman–Crippen LogP) is 2.85. The van der Waals surface area contributed by atoms with Crippen molar-refractivity contribution >= 4 is 17.9 Å². The minimum absolute atomic E-state index is 0.544. The smallest absolute Gasteiger partial charge is 0.420 e. The number of anilines is 1. The first-order valence-electron chi connectivity index (χ1n) is 6.61. The molecule has 0 aliphatic carbocycles. The minimum atomic E-state index is -0.772. The Bertz CT molecular complexity index is 467. The van der Waals surface area contributed by atoms with E-state index in [0.29, 0.717) is 24.5 Å². The number of amides is 2. The van der Waals surface area contributed by atoms with Crippen LogP contribution in [0.1, 0.15) is 19.3 Å². The van der Waals surface area contributed by atoms with Crippen molar-refractivity contribution in [1.29, 1.82) is 0 Å². The first-order chi connectivity index (χ1) is 9.69. The second-order valence-corrected chi connectivity index (χ2v) is 4.56. The Labute approximate surface area is 117 Å². The maximum absolute atomic E-state index is 11.7. The highest BCUT2D eigenvalue weighted by molar-refractivity contribution is 5.92. The molecule has 20 heavy (non-hydrogen) atoms. The van der Waals surface area contributed by atoms with Gasteiger partial charge in [0.2, 0.25) is 0 Å². The van der Waals surface area contributed by atoms with Gasteiger partial charge in [-0.05, 0) is 43.5 Å². The lowest BCUT2D eigenvalue weighted by Crippen LogP contribution is -2.37. The van der Waals surface area contributed by atoms with Gasteiger partial charge in [-0.2, -0.15) is 0 Å². The molecule has 1 saturated heterocycles. The Balaban J connectivity index is 1.83. The lowest BCUT2D eigenvalue weighted by atomic mass is 10.1. The number of ether oxygens (including phenoxy) is 2. The zero-order chi connectivity index (χ0) is 14.4. The average molecular weight is 278 g/mol. The summed E-state index contributed by atoms with van der Waals surface area (Å²) in [6.07, 6.45) is 1.66. The van der Waals surface area contributed by atoms with Gasteiger partial charge in [0.05, 0.1) is 7.11 Å². The van der Waals surface area contributed by atoms with Crippen molar-refractivity contribution in [3.8, 4) is 5.75 Å². The fourth-order valence-electron chi connectivity index (χ4n) is 2.04. The number of hydrogen-bond acceptors (Lipinski definition) is 4. The zero-order valence-electron chi connectivity index (χ0n) is 11.4. The van der Waals surface area contributed by atoms with E-state index in [9.17, 15) is 9.59 Å². The average Bonchev–Trinajstić information content (AvgIpc) is 2.49. The number of methoxy groups -OCH3 is 1. The fourth-order valence-corrected chi connectivity index (χ4v) is 2.04. The number of likely N-dealkylation sites (tertiary alicyclic amines) is 1. The van der Waals surface area contributed by atoms with Crippen LogP contribution in [0.5, 0.6) is 5.75 Å². The Morgan fingerprint density at radius 3 is 2.35 bits per heavy atom. The molecule has 0 spiro atoms. The van der Waals surface area contributed by atoms with Crippen molar-refractivity contribution in [3.05, 3.63) is 24.3 Å². The summed E-state index contributed by atoms with van der Waals surface area (Å²) in [6.45, 7) is 1.29. The number of nitrogens with one attached hydrogen (secondary N) is 1. The highest BCUT2D eigenvalue weighted by atomic mass is 16.6. The first kappa shape index (κ1) is 14.2. The highest BCUT2D eigenvalue weighted by Crippen LogP contribution is 2.15. The number of nitrogens with zero attached hydrogens (tertiary/aromatic N) is 1. The molecule has 6 heteroatoms. The van der Waals surface area contributed by atoms with Crippen molar-refractivity contribution < 1.29 is 19.1 Å². The quantitative estimate of drug-likeness (QED) is 0.845. The Morgan fingerprint density at radius 2 is 1.75 bits per heavy atom. The van der Waals surface area contributed by atoms with Crippen molar-refractivity contribution in [1.82, 2.24) is 4.90 Å². The van der Waals surface area contributed by atoms with E-state index in [2.05, 4.69) is 5.32 Å². The van der Waals surface area contributed by atoms with Gasteiger partial charge >= 0.3 is 12.2 Å². The van der Waals surface area contributed by atoms with Crippen molar-refractivity contribution in [3.63, 3.8) is 0 Å². The summed E-state index contributed by atoms with van der Waals surface area (Å²) in [7, 11) is 1.56. The zero-order valence-corrected chi connectivity index (χ0v) is 11.4. The number of hydrogen-bond donors (Lipinski definition) is 1. The van der Waals surface area contributed by atoms with E-state index in [1.54, 1.807) is 36.3 Å². The molecular weight excluding hydrogens is 260 g/mol. The van der Waals surface area contributed by atoms with E-state index in [4.69, 9.17) is 9.47 Å². The van der Waals surface area contributed by atoms with Crippen LogP contribution in [0.3, 0.4) is 0 Å². The largest absolute Gasteiger partial charge is 0.497 e. The van der Waals surface area contributed by atoms with Gasteiger partial charge in [0.25, 0.3) is 0 Å². The van der Waals surface area contributed by atoms with Crippen LogP contribution in [-0.2, 0) is 4.74 Å². The number of rotatable bonds is 2. The molecule has 6 nitrogen and oxygen atoms in total. The van der Waals surface area contributed by atoms with Crippen LogP contribution in [0.25, 0.3) is 0 Å². The standard InChI is InChI=1S/C14H18N2O4/c1-19-12-7-5-11(6-8-12)15-13(17)20-14(18)16-9-3-2-4-10-16/h5-8H,2-4,9-10H2,1H3,(H,15,17). The van der Waals surface area contributed by atoms with Gasteiger partial charge in [-0.3, -0.25) is 5.32 Å². The van der Waals surface area contributed by atoms with Gasteiger partial charge in [-0.25, -0.2) is 9.59 Å². The summed E-state index contributed by atoms with van der Waals surface area (Å²) < 4.78 is 9.77. The maximum atomic E-state index is 11.7. The molecule has 1 aliphatic heterocycles. The predicted molar refractivity (Wildman–Crippen MR) is 73.9 cm³/mol. The van der Waals surface area contributed by atoms with Crippen LogP contribution >= 0.6 is 0 Å². The van der Waals surface area contributed by atoms with E-state index in [1.807, 2.05) is 0 Å². The molecule has 0 radical (unpaired) electrons. The second-order valence-electron chi connectivity index (χ2n) is 4.56. The molecule has 1 heterocycles. The molecule has 108 valence electrons. The van der Waals surface area contributed by atoms with Crippen LogP contribution in [0, 0.1) is 0 Å². The molecule has 1 aromatic rings. The summed E-state index contributed by atoms with van der Waals surface area (Å²) >= 11 is 0. The normalized spacial score (nSPS) is 14.6. The van der Waals surface area contributed by atoms with E-state index in [1.165, 1.54) is 0 Å². The lowest BCUT2D eigenvalue weighted by Gasteiger charge is -2.25. The highest BCUT2D eigenvalue weighted by Gasteiger charge is 2.20. The third-order valence-electron chi connectivity index (χ3n) is 3.13. The van der Waals surface area contributed by atoms with Gasteiger partial charge < -0.3 is 14.4 Å². The van der Waals surface area contributed by atoms with Gasteiger partial charge in [0.1, 0.15) is 5.75 Å². The molecular formula is C14H18N2O4. The Morgan fingerprint density at radius 1 is 1.10 bits per heavy atom. The third-order valence-corrected chi connectivity index (χ3v) is 3.13. The van der Waals surface area contributed by atoms with Gasteiger partial charge in [-0.1, -0.05) is 0 Å². The van der Waals surface area contributed by atoms with Crippen molar-refractivity contribution in [2.24, 2.45) is 0 Å². The molecule has 2 amide bonds. The number of carbonyl (C=O) groups excluding carboxylic acids is 2. The molecule has 0 aromatic heterocycles. The molecule has 0 bridgehead atoms. The van der Waals surface area contributed by atoms with E-state index < -0.39 is 12.2 Å². The topological polar surface area (TPSA) is 67.9 Å². The number of benzene rings is 1. The monoisotopic (exact) mass is 278 g/mol. The van der Waals surface area contributed by atoms with Gasteiger partial charge in [0, 0.05) is 18.8 Å². The van der Waals surface area contributed by atoms with Crippen LogP contribution < -0.4 is 10.1 Å². The Hall–Kier alpha value is -2.24. The molecule has 1 aromatic carbocycles. The SMILES string of the molecule is COc1ccc(NC(=O)OC(=O)N2CCCCC2)cc1. The molecule has 0 unspecified atom stereocenters. The van der Waals surface area contributed by atoms with Crippen LogP contribution in [0.2, 0.25) is 0 Å². The first-order valence-corrected chi connectivity index (χ1v) is 6.61. The van der Waals surface area contributed by atoms with Gasteiger partial charge in [0.15, 0.2) is 0 Å². The van der Waals surface area contributed by atoms with E-state index >= 15 is 0 Å². The minimum Gasteiger partial charge on any atom is -0.497 e. The summed E-state index contributed by atoms with van der Waals surface area (Å²) in [5.41, 5.74) is 0.544. The molecule has 1 N–H and O–H groups in total. The van der Waals surface area contributed by atoms with Crippen LogP contribution in [0.4, 0.5) is 15.3 Å². The number of piperidine rings is 1. The number of carbonyl (C=O) groups is 2. The Kier molecular flexibility index (Phi) is 4.81. The van der Waals surface area contributed by atoms with Gasteiger partial charge in [-0.15, -0.1) is 0 Å². The van der Waals surface area contributed by atoms with Crippen molar-refractivity contribution in [2.45, 2.75) is 19.3 Å². The van der Waals surface area contributed by atoms with Crippen LogP contribution in [0.15, 0.2) is 24.3 Å². The molecule has 1 fully saturated rings. The summed E-state index contributed by atoms with van der Waals surface area (Å²) in [5, 5.41) is 2.50. The summed E-state index contributed by atoms with van der Waals surface area (Å²) in [4.78, 5) is 24.9. The third kappa shape index (κ3) is 3.88. The molecule has 1 aliphatic rings. The van der Waals surface area contributed by atoms with E-state index in [0.717, 1.165) is 19.3 Å². The fraction of sp³-hybridized carbons (Fsp3) is 0.429. The molecule has 2 rings (SSSR count). The lowest BCUT2D eigenvalue weighted by molar-refractivity contribution is 0.117. The van der Waals surface area contributed by atoms with E-state index in [-0.39, 0.29) is 0 Å². The second kappa shape index (κ2) is 6.79. The summed E-state index contributed by atoms with van der Waals surface area (Å²) in [5.74, 6) is 0.688. The molecule has 0 atom stereocenters. The summed E-state index contributed by atoms with van der Waals surface area (Å²) in [6, 6.07) is 6.76. The molecule has 0 saturated carbocycles.